The molecule has 118 valence electrons. The molecule has 1 aromatic carbocycles. The maximum atomic E-state index is 5.49. The van der Waals surface area contributed by atoms with E-state index in [2.05, 4.69) is 32.0 Å². The molecule has 2 rings (SSSR count). The number of benzene rings is 1. The summed E-state index contributed by atoms with van der Waals surface area (Å²) in [4.78, 5) is 0. The molecule has 1 aliphatic heterocycles. The fourth-order valence-corrected chi connectivity index (χ4v) is 3.02. The van der Waals surface area contributed by atoms with Gasteiger partial charge in [0.1, 0.15) is 6.10 Å². The first-order chi connectivity index (χ1) is 10.3. The molecule has 1 heteroatoms. The van der Waals surface area contributed by atoms with Gasteiger partial charge in [-0.2, -0.15) is 0 Å². The molecule has 1 unspecified atom stereocenters. The fraction of sp³-hybridized carbons (Fsp3) is 0.700. The van der Waals surface area contributed by atoms with Crippen molar-refractivity contribution in [3.63, 3.8) is 0 Å². The number of rotatable bonds is 11. The summed E-state index contributed by atoms with van der Waals surface area (Å²) in [7, 11) is 0. The Kier molecular flexibility index (Phi) is 7.29. The molecule has 1 aliphatic rings. The lowest BCUT2D eigenvalue weighted by molar-refractivity contribution is 0.415. The lowest BCUT2D eigenvalue weighted by Gasteiger charge is -2.09. The van der Waals surface area contributed by atoms with E-state index in [1.807, 2.05) is 0 Å². The van der Waals surface area contributed by atoms with Crippen LogP contribution in [-0.4, -0.2) is 6.61 Å². The highest BCUT2D eigenvalue weighted by molar-refractivity contribution is 5.33. The summed E-state index contributed by atoms with van der Waals surface area (Å²) in [5, 5.41) is 0. The maximum Gasteiger partial charge on any atom is 0.106 e. The Hall–Kier alpha value is -0.820. The second kappa shape index (κ2) is 9.25. The highest BCUT2D eigenvalue weighted by Crippen LogP contribution is 2.31. The summed E-state index contributed by atoms with van der Waals surface area (Å²) in [6.45, 7) is 5.48. The van der Waals surface area contributed by atoms with Crippen molar-refractivity contribution >= 4 is 0 Å². The van der Waals surface area contributed by atoms with Gasteiger partial charge in [-0.25, -0.2) is 0 Å². The Balaban J connectivity index is 1.90. The predicted octanol–water partition coefficient (Wildman–Crippen LogP) is 6.00. The summed E-state index contributed by atoms with van der Waals surface area (Å²) < 4.78 is 5.49. The van der Waals surface area contributed by atoms with E-state index in [-0.39, 0.29) is 0 Å². The molecule has 21 heavy (non-hydrogen) atoms. The van der Waals surface area contributed by atoms with E-state index in [1.165, 1.54) is 80.9 Å². The number of unbranched alkanes of at least 4 members (excludes halogenated alkanes) is 6. The molecule has 1 fully saturated rings. The highest BCUT2D eigenvalue weighted by atomic mass is 16.6. The second-order valence-corrected chi connectivity index (χ2v) is 6.53. The Labute approximate surface area is 131 Å². The van der Waals surface area contributed by atoms with Gasteiger partial charge < -0.3 is 4.74 Å². The molecule has 0 radical (unpaired) electrons. The van der Waals surface area contributed by atoms with Crippen molar-refractivity contribution in [2.24, 2.45) is 0 Å². The van der Waals surface area contributed by atoms with Gasteiger partial charge in [0.05, 0.1) is 6.61 Å². The van der Waals surface area contributed by atoms with Crippen molar-refractivity contribution in [2.75, 3.05) is 6.61 Å². The summed E-state index contributed by atoms with van der Waals surface area (Å²) in [5.74, 6) is 0. The molecule has 1 aromatic rings. The number of hydrogen-bond acceptors (Lipinski definition) is 1. The fourth-order valence-electron chi connectivity index (χ4n) is 3.02. The van der Waals surface area contributed by atoms with Crippen molar-refractivity contribution in [1.82, 2.24) is 0 Å². The average Bonchev–Trinajstić information content (AvgIpc) is 3.33. The molecular formula is C20H32O. The van der Waals surface area contributed by atoms with E-state index in [0.29, 0.717) is 6.10 Å². The number of aryl methyl sites for hydroxylation is 2. The minimum atomic E-state index is 0.398. The van der Waals surface area contributed by atoms with Crippen LogP contribution in [0.15, 0.2) is 18.2 Å². The summed E-state index contributed by atoms with van der Waals surface area (Å²) in [6, 6.07) is 7.22. The zero-order valence-electron chi connectivity index (χ0n) is 14.0. The Morgan fingerprint density at radius 1 is 0.810 bits per heavy atom. The van der Waals surface area contributed by atoms with Gasteiger partial charge in [0.25, 0.3) is 0 Å². The van der Waals surface area contributed by atoms with Crippen LogP contribution >= 0.6 is 0 Å². The van der Waals surface area contributed by atoms with Crippen LogP contribution in [0, 0.1) is 0 Å². The van der Waals surface area contributed by atoms with E-state index in [4.69, 9.17) is 4.74 Å². The van der Waals surface area contributed by atoms with Crippen LogP contribution in [0.3, 0.4) is 0 Å². The Bertz CT molecular complexity index is 376. The largest absolute Gasteiger partial charge is 0.368 e. The number of ether oxygens (including phenoxy) is 1. The normalized spacial score (nSPS) is 17.1. The summed E-state index contributed by atoms with van der Waals surface area (Å²) >= 11 is 0. The van der Waals surface area contributed by atoms with Crippen LogP contribution in [0.25, 0.3) is 0 Å². The van der Waals surface area contributed by atoms with Gasteiger partial charge in [0.2, 0.25) is 0 Å². The second-order valence-electron chi connectivity index (χ2n) is 6.53. The summed E-state index contributed by atoms with van der Waals surface area (Å²) in [6.07, 6.45) is 13.7. The topological polar surface area (TPSA) is 12.5 Å². The van der Waals surface area contributed by atoms with Crippen molar-refractivity contribution in [3.8, 4) is 0 Å². The van der Waals surface area contributed by atoms with Gasteiger partial charge in [-0.05, 0) is 42.4 Å². The van der Waals surface area contributed by atoms with E-state index >= 15 is 0 Å². The summed E-state index contributed by atoms with van der Waals surface area (Å²) in [5.41, 5.74) is 4.49. The third-order valence-electron chi connectivity index (χ3n) is 4.42. The average molecular weight is 288 g/mol. The Morgan fingerprint density at radius 3 is 1.76 bits per heavy atom. The zero-order chi connectivity index (χ0) is 14.9. The van der Waals surface area contributed by atoms with Gasteiger partial charge in [0, 0.05) is 0 Å². The zero-order valence-corrected chi connectivity index (χ0v) is 14.0. The highest BCUT2D eigenvalue weighted by Gasteiger charge is 2.25. The van der Waals surface area contributed by atoms with Gasteiger partial charge in [0.15, 0.2) is 0 Å². The Morgan fingerprint density at radius 2 is 1.33 bits per heavy atom. The van der Waals surface area contributed by atoms with Crippen LogP contribution in [0.4, 0.5) is 0 Å². The van der Waals surface area contributed by atoms with Crippen LogP contribution in [0.2, 0.25) is 0 Å². The van der Waals surface area contributed by atoms with Crippen LogP contribution < -0.4 is 0 Å². The predicted molar refractivity (Wildman–Crippen MR) is 90.8 cm³/mol. The van der Waals surface area contributed by atoms with E-state index < -0.39 is 0 Å². The molecule has 1 nitrogen and oxygen atoms in total. The molecule has 0 amide bonds. The molecule has 1 heterocycles. The lowest BCUT2D eigenvalue weighted by atomic mass is 9.96. The SMILES string of the molecule is CCCCCCc1cc(CCCCCC)cc(C2CO2)c1. The first kappa shape index (κ1) is 16.5. The maximum absolute atomic E-state index is 5.49. The molecule has 0 spiro atoms. The molecular weight excluding hydrogens is 256 g/mol. The molecule has 0 aliphatic carbocycles. The third kappa shape index (κ3) is 6.22. The third-order valence-corrected chi connectivity index (χ3v) is 4.42. The smallest absolute Gasteiger partial charge is 0.106 e. The van der Waals surface area contributed by atoms with E-state index in [0.717, 1.165) is 6.61 Å². The van der Waals surface area contributed by atoms with Crippen LogP contribution in [-0.2, 0) is 17.6 Å². The quantitative estimate of drug-likeness (QED) is 0.359. The van der Waals surface area contributed by atoms with Gasteiger partial charge >= 0.3 is 0 Å². The van der Waals surface area contributed by atoms with Crippen LogP contribution in [0.1, 0.15) is 88.0 Å². The molecule has 0 N–H and O–H groups in total. The van der Waals surface area contributed by atoms with E-state index in [9.17, 15) is 0 Å². The number of epoxide rings is 1. The molecule has 1 atom stereocenters. The van der Waals surface area contributed by atoms with Crippen molar-refractivity contribution in [1.29, 1.82) is 0 Å². The van der Waals surface area contributed by atoms with Crippen molar-refractivity contribution in [2.45, 2.75) is 84.2 Å². The monoisotopic (exact) mass is 288 g/mol. The van der Waals surface area contributed by atoms with Crippen molar-refractivity contribution < 1.29 is 4.74 Å². The minimum Gasteiger partial charge on any atom is -0.368 e. The molecule has 0 bridgehead atoms. The minimum absolute atomic E-state index is 0.398. The molecule has 0 saturated carbocycles. The standard InChI is InChI=1S/C20H32O/c1-3-5-7-9-11-17-13-18(12-10-8-6-4-2)15-19(14-17)20-16-21-20/h13-15,20H,3-12,16H2,1-2H3. The molecule has 0 aromatic heterocycles. The van der Waals surface area contributed by atoms with Gasteiger partial charge in [-0.15, -0.1) is 0 Å². The van der Waals surface area contributed by atoms with Gasteiger partial charge in [-0.3, -0.25) is 0 Å². The van der Waals surface area contributed by atoms with Crippen molar-refractivity contribution in [3.05, 3.63) is 34.9 Å². The first-order valence-corrected chi connectivity index (χ1v) is 9.07. The molecule has 1 saturated heterocycles. The van der Waals surface area contributed by atoms with Crippen LogP contribution in [0.5, 0.6) is 0 Å². The van der Waals surface area contributed by atoms with E-state index in [1.54, 1.807) is 0 Å². The number of hydrogen-bond donors (Lipinski definition) is 0. The first-order valence-electron chi connectivity index (χ1n) is 9.07. The lowest BCUT2D eigenvalue weighted by Crippen LogP contribution is -1.95. The van der Waals surface area contributed by atoms with Gasteiger partial charge in [-0.1, -0.05) is 70.6 Å².